The second-order valence-corrected chi connectivity index (χ2v) is 5.79. The molecule has 0 aromatic carbocycles. The Morgan fingerprint density at radius 2 is 1.94 bits per heavy atom. The van der Waals surface area contributed by atoms with Gasteiger partial charge in [0.1, 0.15) is 0 Å². The van der Waals surface area contributed by atoms with Crippen molar-refractivity contribution in [2.24, 2.45) is 5.92 Å². The molecule has 1 saturated carbocycles. The molecule has 0 radical (unpaired) electrons. The first-order valence-electron chi connectivity index (χ1n) is 7.59. The molecular formula is C15H32N2O. The van der Waals surface area contributed by atoms with Gasteiger partial charge in [-0.2, -0.15) is 0 Å². The molecule has 1 aliphatic carbocycles. The molecule has 3 heteroatoms. The van der Waals surface area contributed by atoms with Gasteiger partial charge in [-0.05, 0) is 59.0 Å². The van der Waals surface area contributed by atoms with E-state index < -0.39 is 0 Å². The molecule has 1 fully saturated rings. The maximum Gasteiger partial charge on any atom is 0.0589 e. The van der Waals surface area contributed by atoms with Gasteiger partial charge in [0.25, 0.3) is 0 Å². The van der Waals surface area contributed by atoms with Crippen LogP contribution in [0.5, 0.6) is 0 Å². The Morgan fingerprint density at radius 3 is 2.50 bits per heavy atom. The quantitative estimate of drug-likeness (QED) is 0.575. The summed E-state index contributed by atoms with van der Waals surface area (Å²) in [5.41, 5.74) is 0. The van der Waals surface area contributed by atoms with Crippen molar-refractivity contribution >= 4 is 0 Å². The van der Waals surface area contributed by atoms with Crippen molar-refractivity contribution in [3.63, 3.8) is 0 Å². The lowest BCUT2D eigenvalue weighted by atomic mass is 10.1. The smallest absolute Gasteiger partial charge is 0.0589 e. The summed E-state index contributed by atoms with van der Waals surface area (Å²) >= 11 is 0. The summed E-state index contributed by atoms with van der Waals surface area (Å²) in [4.78, 5) is 2.63. The fourth-order valence-electron chi connectivity index (χ4n) is 2.51. The lowest BCUT2D eigenvalue weighted by molar-refractivity contribution is 0.115. The minimum absolute atomic E-state index is 0.651. The van der Waals surface area contributed by atoms with E-state index in [1.807, 2.05) is 7.05 Å². The molecule has 0 heterocycles. The molecule has 0 saturated heterocycles. The zero-order valence-corrected chi connectivity index (χ0v) is 12.7. The third-order valence-corrected chi connectivity index (χ3v) is 4.29. The van der Waals surface area contributed by atoms with Gasteiger partial charge in [0, 0.05) is 25.7 Å². The highest BCUT2D eigenvalue weighted by atomic mass is 16.5. The predicted molar refractivity (Wildman–Crippen MR) is 78.0 cm³/mol. The van der Waals surface area contributed by atoms with Crippen molar-refractivity contribution in [1.29, 1.82) is 0 Å². The zero-order valence-electron chi connectivity index (χ0n) is 12.7. The van der Waals surface area contributed by atoms with Gasteiger partial charge in [-0.25, -0.2) is 0 Å². The van der Waals surface area contributed by atoms with Crippen LogP contribution >= 0.6 is 0 Å². The van der Waals surface area contributed by atoms with Crippen molar-refractivity contribution < 1.29 is 4.74 Å². The average molecular weight is 256 g/mol. The van der Waals surface area contributed by atoms with Crippen LogP contribution in [0, 0.1) is 5.92 Å². The van der Waals surface area contributed by atoms with Crippen LogP contribution < -0.4 is 5.32 Å². The fraction of sp³-hybridized carbons (Fsp3) is 1.00. The van der Waals surface area contributed by atoms with Crippen LogP contribution in [-0.4, -0.2) is 50.8 Å². The Hall–Kier alpha value is -0.120. The van der Waals surface area contributed by atoms with Gasteiger partial charge < -0.3 is 10.1 Å². The van der Waals surface area contributed by atoms with Crippen molar-refractivity contribution in [1.82, 2.24) is 10.2 Å². The van der Waals surface area contributed by atoms with E-state index in [4.69, 9.17) is 4.74 Å². The fourth-order valence-corrected chi connectivity index (χ4v) is 2.51. The Bertz CT molecular complexity index is 207. The molecule has 0 amide bonds. The van der Waals surface area contributed by atoms with Crippen molar-refractivity contribution in [3.8, 4) is 0 Å². The van der Waals surface area contributed by atoms with Crippen LogP contribution in [-0.2, 0) is 4.74 Å². The lowest BCUT2D eigenvalue weighted by Crippen LogP contribution is -2.38. The Morgan fingerprint density at radius 1 is 1.22 bits per heavy atom. The van der Waals surface area contributed by atoms with Gasteiger partial charge in [-0.15, -0.1) is 0 Å². The summed E-state index contributed by atoms with van der Waals surface area (Å²) < 4.78 is 5.23. The van der Waals surface area contributed by atoms with Crippen LogP contribution in [0.25, 0.3) is 0 Å². The molecule has 1 N–H and O–H groups in total. The maximum atomic E-state index is 5.23. The molecule has 0 aromatic rings. The molecule has 0 bridgehead atoms. The second-order valence-electron chi connectivity index (χ2n) is 5.79. The Labute approximate surface area is 113 Å². The first-order chi connectivity index (χ1) is 8.69. The van der Waals surface area contributed by atoms with E-state index in [1.165, 1.54) is 38.6 Å². The van der Waals surface area contributed by atoms with Gasteiger partial charge >= 0.3 is 0 Å². The van der Waals surface area contributed by atoms with E-state index in [9.17, 15) is 0 Å². The number of ether oxygens (including phenoxy) is 1. The van der Waals surface area contributed by atoms with E-state index >= 15 is 0 Å². The molecule has 2 atom stereocenters. The van der Waals surface area contributed by atoms with Crippen molar-refractivity contribution in [2.75, 3.05) is 33.9 Å². The van der Waals surface area contributed by atoms with Gasteiger partial charge in [-0.3, -0.25) is 4.90 Å². The summed E-state index contributed by atoms with van der Waals surface area (Å²) in [6.45, 7) is 7.84. The van der Waals surface area contributed by atoms with E-state index in [1.54, 1.807) is 7.11 Å². The first-order valence-corrected chi connectivity index (χ1v) is 7.59. The maximum absolute atomic E-state index is 5.23. The number of hydrogen-bond acceptors (Lipinski definition) is 3. The number of hydrogen-bond donors (Lipinski definition) is 1. The number of rotatable bonds is 11. The minimum atomic E-state index is 0.651. The van der Waals surface area contributed by atoms with Crippen molar-refractivity contribution in [3.05, 3.63) is 0 Å². The number of methoxy groups -OCH3 is 1. The summed E-state index contributed by atoms with van der Waals surface area (Å²) in [5.74, 6) is 0.957. The number of nitrogens with zero attached hydrogens (tertiary/aromatic N) is 1. The Kier molecular flexibility index (Phi) is 7.87. The van der Waals surface area contributed by atoms with E-state index in [-0.39, 0.29) is 0 Å². The van der Waals surface area contributed by atoms with E-state index in [0.29, 0.717) is 6.04 Å². The van der Waals surface area contributed by atoms with Crippen LogP contribution in [0.4, 0.5) is 0 Å². The predicted octanol–water partition coefficient (Wildman–Crippen LogP) is 2.51. The summed E-state index contributed by atoms with van der Waals surface area (Å²) in [6.07, 6.45) is 6.78. The summed E-state index contributed by atoms with van der Waals surface area (Å²) in [6, 6.07) is 1.40. The molecule has 2 unspecified atom stereocenters. The van der Waals surface area contributed by atoms with Crippen molar-refractivity contribution in [2.45, 2.75) is 58.0 Å². The van der Waals surface area contributed by atoms with Crippen LogP contribution in [0.3, 0.4) is 0 Å². The topological polar surface area (TPSA) is 24.5 Å². The number of unbranched alkanes of at least 4 members (excludes halogenated alkanes) is 1. The van der Waals surface area contributed by atoms with Gasteiger partial charge in [0.05, 0.1) is 6.61 Å². The third kappa shape index (κ3) is 6.17. The minimum Gasteiger partial charge on any atom is -0.383 e. The number of nitrogens with one attached hydrogen (secondary N) is 1. The standard InChI is InChI=1S/C15H32N2O/c1-13(16-3)7-5-6-10-17(11-12-18-4)14(2)15-8-9-15/h13-16H,5-12H2,1-4H3. The lowest BCUT2D eigenvalue weighted by Gasteiger charge is -2.29. The third-order valence-electron chi connectivity index (χ3n) is 4.29. The molecule has 18 heavy (non-hydrogen) atoms. The molecule has 108 valence electrons. The Balaban J connectivity index is 2.18. The molecule has 1 aliphatic rings. The van der Waals surface area contributed by atoms with Crippen LogP contribution in [0.15, 0.2) is 0 Å². The highest BCUT2D eigenvalue weighted by molar-refractivity contribution is 4.85. The summed E-state index contributed by atoms with van der Waals surface area (Å²) in [5, 5.41) is 3.30. The van der Waals surface area contributed by atoms with Crippen LogP contribution in [0.2, 0.25) is 0 Å². The largest absolute Gasteiger partial charge is 0.383 e. The zero-order chi connectivity index (χ0) is 13.4. The average Bonchev–Trinajstić information content (AvgIpc) is 3.21. The highest BCUT2D eigenvalue weighted by Crippen LogP contribution is 2.35. The van der Waals surface area contributed by atoms with Gasteiger partial charge in [0.2, 0.25) is 0 Å². The molecule has 0 aliphatic heterocycles. The second kappa shape index (κ2) is 8.89. The molecule has 3 nitrogen and oxygen atoms in total. The molecule has 0 aromatic heterocycles. The normalized spacial score (nSPS) is 19.2. The molecular weight excluding hydrogens is 224 g/mol. The van der Waals surface area contributed by atoms with Gasteiger partial charge in [-0.1, -0.05) is 6.42 Å². The SMILES string of the molecule is CNC(C)CCCCN(CCOC)C(C)C1CC1. The van der Waals surface area contributed by atoms with E-state index in [0.717, 1.165) is 25.1 Å². The first kappa shape index (κ1) is 15.9. The monoisotopic (exact) mass is 256 g/mol. The summed E-state index contributed by atoms with van der Waals surface area (Å²) in [7, 11) is 3.85. The van der Waals surface area contributed by atoms with Gasteiger partial charge in [0.15, 0.2) is 0 Å². The molecule has 1 rings (SSSR count). The molecule has 0 spiro atoms. The van der Waals surface area contributed by atoms with E-state index in [2.05, 4.69) is 24.1 Å². The highest BCUT2D eigenvalue weighted by Gasteiger charge is 2.31. The van der Waals surface area contributed by atoms with Crippen LogP contribution in [0.1, 0.15) is 46.0 Å².